The molecule has 0 aliphatic heterocycles. The van der Waals surface area contributed by atoms with Gasteiger partial charge in [-0.1, -0.05) is 11.6 Å². The lowest BCUT2D eigenvalue weighted by atomic mass is 9.51. The topological polar surface area (TPSA) is 61.4 Å². The van der Waals surface area contributed by atoms with Gasteiger partial charge in [0.25, 0.3) is 0 Å². The molecule has 4 aliphatic carbocycles. The van der Waals surface area contributed by atoms with Crippen molar-refractivity contribution in [3.63, 3.8) is 0 Å². The molecule has 0 spiro atoms. The van der Waals surface area contributed by atoms with Crippen LogP contribution < -0.4 is 10.6 Å². The van der Waals surface area contributed by atoms with Gasteiger partial charge in [-0.15, -0.1) is 0 Å². The molecule has 0 unspecified atom stereocenters. The lowest BCUT2D eigenvalue weighted by Gasteiger charge is -2.60. The predicted molar refractivity (Wildman–Crippen MR) is 95.2 cm³/mol. The van der Waals surface area contributed by atoms with Crippen LogP contribution in [0.1, 0.15) is 44.1 Å². The molecule has 3 N–H and O–H groups in total. The molecule has 0 heterocycles. The molecule has 1 aromatic rings. The van der Waals surface area contributed by atoms with E-state index in [0.717, 1.165) is 43.4 Å². The summed E-state index contributed by atoms with van der Waals surface area (Å²) in [4.78, 5) is 12.3. The first-order chi connectivity index (χ1) is 11.3. The molecule has 4 saturated carbocycles. The van der Waals surface area contributed by atoms with Gasteiger partial charge < -0.3 is 15.7 Å². The van der Waals surface area contributed by atoms with Gasteiger partial charge >= 0.3 is 0 Å². The molecule has 5 rings (SSSR count). The first-order valence-corrected chi connectivity index (χ1v) is 9.26. The maximum atomic E-state index is 12.3. The normalized spacial score (nSPS) is 36.8. The van der Waals surface area contributed by atoms with E-state index in [-0.39, 0.29) is 18.0 Å². The first kappa shape index (κ1) is 16.4. The average Bonchev–Trinajstić information content (AvgIpc) is 2.47. The van der Waals surface area contributed by atoms with E-state index >= 15 is 0 Å². The Morgan fingerprint density at radius 1 is 1.29 bits per heavy atom. The summed E-state index contributed by atoms with van der Waals surface area (Å²) in [6.07, 6.45) is 6.13. The number of nitrogens with one attached hydrogen (secondary N) is 2. The van der Waals surface area contributed by atoms with E-state index in [2.05, 4.69) is 10.6 Å². The fourth-order valence-corrected chi connectivity index (χ4v) is 5.73. The van der Waals surface area contributed by atoms with Crippen LogP contribution in [0.5, 0.6) is 0 Å². The van der Waals surface area contributed by atoms with Crippen molar-refractivity contribution >= 4 is 23.2 Å². The zero-order valence-corrected chi connectivity index (χ0v) is 14.8. The molecule has 24 heavy (non-hydrogen) atoms. The third-order valence-electron chi connectivity index (χ3n) is 6.10. The monoisotopic (exact) mass is 348 g/mol. The van der Waals surface area contributed by atoms with E-state index in [1.165, 1.54) is 6.42 Å². The number of carbonyl (C=O) groups is 1. The number of hydrogen-bond donors (Lipinski definition) is 3. The molecule has 130 valence electrons. The summed E-state index contributed by atoms with van der Waals surface area (Å²) in [5, 5.41) is 17.9. The molecule has 4 nitrogen and oxygen atoms in total. The van der Waals surface area contributed by atoms with E-state index in [0.29, 0.717) is 16.9 Å². The lowest BCUT2D eigenvalue weighted by Crippen LogP contribution is -2.65. The molecular formula is C19H25ClN2O2. The summed E-state index contributed by atoms with van der Waals surface area (Å²) in [7, 11) is 0. The molecular weight excluding hydrogens is 324 g/mol. The van der Waals surface area contributed by atoms with Crippen LogP contribution in [0.2, 0.25) is 5.02 Å². The van der Waals surface area contributed by atoms with Crippen molar-refractivity contribution in [1.82, 2.24) is 5.32 Å². The van der Waals surface area contributed by atoms with Crippen molar-refractivity contribution in [2.24, 2.45) is 11.8 Å². The van der Waals surface area contributed by atoms with Gasteiger partial charge in [0.05, 0.1) is 12.1 Å². The molecule has 0 saturated heterocycles. The van der Waals surface area contributed by atoms with Gasteiger partial charge in [0.2, 0.25) is 5.91 Å². The summed E-state index contributed by atoms with van der Waals surface area (Å²) < 4.78 is 0. The van der Waals surface area contributed by atoms with Gasteiger partial charge in [-0.05, 0) is 81.0 Å². The summed E-state index contributed by atoms with van der Waals surface area (Å²) in [5.41, 5.74) is 1.17. The first-order valence-electron chi connectivity index (χ1n) is 8.88. The number of benzene rings is 1. The molecule has 2 atom stereocenters. The van der Waals surface area contributed by atoms with Gasteiger partial charge in [0, 0.05) is 16.2 Å². The van der Waals surface area contributed by atoms with Crippen LogP contribution in [-0.2, 0) is 4.79 Å². The highest BCUT2D eigenvalue weighted by atomic mass is 35.5. The summed E-state index contributed by atoms with van der Waals surface area (Å²) in [6.45, 7) is 2.21. The summed E-state index contributed by atoms with van der Waals surface area (Å²) in [6, 6.07) is 5.50. The molecule has 0 radical (unpaired) electrons. The minimum Gasteiger partial charge on any atom is -0.390 e. The maximum absolute atomic E-state index is 12.3. The number of halogens is 1. The number of aliphatic hydroxyl groups is 1. The van der Waals surface area contributed by atoms with Gasteiger partial charge in [-0.2, -0.15) is 0 Å². The fourth-order valence-electron chi connectivity index (χ4n) is 5.62. The van der Waals surface area contributed by atoms with Crippen LogP contribution in [0.3, 0.4) is 0 Å². The van der Waals surface area contributed by atoms with Crippen molar-refractivity contribution in [2.45, 2.75) is 56.6 Å². The SMILES string of the molecule is Cc1cc(NC(=O)CNC23C[C@H]4C[C@@H](CC(O)(C4)C2)C3)ccc1Cl. The van der Waals surface area contributed by atoms with Gasteiger partial charge in [0.1, 0.15) is 0 Å². The third-order valence-corrected chi connectivity index (χ3v) is 6.52. The summed E-state index contributed by atoms with van der Waals surface area (Å²) in [5.74, 6) is 1.19. The Morgan fingerprint density at radius 2 is 2.00 bits per heavy atom. The highest BCUT2D eigenvalue weighted by molar-refractivity contribution is 6.31. The zero-order chi connectivity index (χ0) is 16.9. The lowest BCUT2D eigenvalue weighted by molar-refractivity contribution is -0.144. The van der Waals surface area contributed by atoms with Gasteiger partial charge in [-0.3, -0.25) is 4.79 Å². The van der Waals surface area contributed by atoms with E-state index < -0.39 is 5.60 Å². The Balaban J connectivity index is 1.38. The zero-order valence-electron chi connectivity index (χ0n) is 14.1. The van der Waals surface area contributed by atoms with Crippen LogP contribution in [0, 0.1) is 18.8 Å². The maximum Gasteiger partial charge on any atom is 0.238 e. The second-order valence-corrected chi connectivity index (χ2v) is 8.74. The van der Waals surface area contributed by atoms with Crippen LogP contribution in [0.4, 0.5) is 5.69 Å². The molecule has 0 aromatic heterocycles. The van der Waals surface area contributed by atoms with E-state index in [1.807, 2.05) is 19.1 Å². The largest absolute Gasteiger partial charge is 0.390 e. The van der Waals surface area contributed by atoms with Crippen LogP contribution in [0.25, 0.3) is 0 Å². The number of anilines is 1. The smallest absolute Gasteiger partial charge is 0.238 e. The molecule has 1 aromatic carbocycles. The second-order valence-electron chi connectivity index (χ2n) is 8.33. The number of aryl methyl sites for hydroxylation is 1. The van der Waals surface area contributed by atoms with E-state index in [1.54, 1.807) is 6.07 Å². The Kier molecular flexibility index (Phi) is 3.90. The van der Waals surface area contributed by atoms with Crippen LogP contribution in [-0.4, -0.2) is 28.7 Å². The Hall–Kier alpha value is -1.10. The number of carbonyl (C=O) groups excluding carboxylic acids is 1. The molecule has 1 amide bonds. The van der Waals surface area contributed by atoms with Crippen molar-refractivity contribution in [1.29, 1.82) is 0 Å². The molecule has 4 aliphatic rings. The Labute approximate surface area is 148 Å². The van der Waals surface area contributed by atoms with Gasteiger partial charge in [0.15, 0.2) is 0 Å². The number of rotatable bonds is 4. The molecule has 4 fully saturated rings. The molecule has 5 heteroatoms. The summed E-state index contributed by atoms with van der Waals surface area (Å²) >= 11 is 6.02. The minimum atomic E-state index is -0.499. The quantitative estimate of drug-likeness (QED) is 0.782. The van der Waals surface area contributed by atoms with E-state index in [9.17, 15) is 9.90 Å². The Morgan fingerprint density at radius 3 is 2.62 bits per heavy atom. The second kappa shape index (κ2) is 5.72. The third kappa shape index (κ3) is 3.07. The van der Waals surface area contributed by atoms with Crippen molar-refractivity contribution in [2.75, 3.05) is 11.9 Å². The minimum absolute atomic E-state index is 0.0422. The molecule has 4 bridgehead atoms. The Bertz CT molecular complexity index is 661. The van der Waals surface area contributed by atoms with Crippen LogP contribution >= 0.6 is 11.6 Å². The highest BCUT2D eigenvalue weighted by Crippen LogP contribution is 2.57. The number of amides is 1. The van der Waals surface area contributed by atoms with Gasteiger partial charge in [-0.25, -0.2) is 0 Å². The standard InChI is InChI=1S/C19H25ClN2O2/c1-12-4-15(2-3-16(12)20)22-17(23)10-21-18-6-13-5-14(7-18)9-19(24,8-13)11-18/h2-4,13-14,21,24H,5-11H2,1H3,(H,22,23)/t13-,14-,18?,19?/m1/s1. The van der Waals surface area contributed by atoms with Crippen molar-refractivity contribution in [3.05, 3.63) is 28.8 Å². The van der Waals surface area contributed by atoms with Crippen molar-refractivity contribution in [3.8, 4) is 0 Å². The fraction of sp³-hybridized carbons (Fsp3) is 0.632. The van der Waals surface area contributed by atoms with Crippen molar-refractivity contribution < 1.29 is 9.90 Å². The number of hydrogen-bond acceptors (Lipinski definition) is 3. The average molecular weight is 349 g/mol. The van der Waals surface area contributed by atoms with Crippen LogP contribution in [0.15, 0.2) is 18.2 Å². The highest BCUT2D eigenvalue weighted by Gasteiger charge is 2.56. The van der Waals surface area contributed by atoms with E-state index in [4.69, 9.17) is 11.6 Å². The predicted octanol–water partition coefficient (Wildman–Crippen LogP) is 3.26.